The van der Waals surface area contributed by atoms with E-state index in [-0.39, 0.29) is 4.90 Å². The summed E-state index contributed by atoms with van der Waals surface area (Å²) in [5, 5.41) is 1.19. The van der Waals surface area contributed by atoms with Crippen molar-refractivity contribution < 1.29 is 13.2 Å². The van der Waals surface area contributed by atoms with Crippen molar-refractivity contribution in [3.8, 4) is 0 Å². The molecule has 0 fully saturated rings. The first-order valence-corrected chi connectivity index (χ1v) is 13.8. The summed E-state index contributed by atoms with van der Waals surface area (Å²) in [6, 6.07) is 14.9. The van der Waals surface area contributed by atoms with Gasteiger partial charge in [0.05, 0.1) is 10.4 Å². The van der Waals surface area contributed by atoms with E-state index in [2.05, 4.69) is 42.1 Å². The van der Waals surface area contributed by atoms with Crippen molar-refractivity contribution >= 4 is 29.6 Å². The zero-order valence-corrected chi connectivity index (χ0v) is 19.2. The van der Waals surface area contributed by atoms with Crippen LogP contribution in [-0.4, -0.2) is 28.3 Å². The average molecular weight is 416 g/mol. The molecule has 0 spiro atoms. The third-order valence-corrected chi connectivity index (χ3v) is 9.41. The summed E-state index contributed by atoms with van der Waals surface area (Å²) in [7, 11) is -5.84. The Labute approximate surface area is 169 Å². The number of carbonyl (C=O) groups is 1. The van der Waals surface area contributed by atoms with Gasteiger partial charge in [-0.2, -0.15) is 0 Å². The Kier molecular flexibility index (Phi) is 6.48. The minimum atomic E-state index is -3.75. The molecule has 0 saturated carbocycles. The first-order valence-electron chi connectivity index (χ1n) is 9.24. The molecule has 150 valence electrons. The summed E-state index contributed by atoms with van der Waals surface area (Å²) < 4.78 is 28.3. The second-order valence-electron chi connectivity index (χ2n) is 8.35. The minimum Gasteiger partial charge on any atom is -0.298 e. The Bertz CT molecular complexity index is 973. The number of sulfonamides is 1. The summed E-state index contributed by atoms with van der Waals surface area (Å²) in [4.78, 5) is 12.1. The van der Waals surface area contributed by atoms with Crippen LogP contribution in [0.25, 0.3) is 0 Å². The fraction of sp³-hybridized carbons (Fsp3) is 0.318. The number of rotatable bonds is 7. The lowest BCUT2D eigenvalue weighted by molar-refractivity contribution is -0.105. The van der Waals surface area contributed by atoms with E-state index in [9.17, 15) is 13.2 Å². The molecule has 0 amide bonds. The van der Waals surface area contributed by atoms with Gasteiger partial charge >= 0.3 is 0 Å². The van der Waals surface area contributed by atoms with Crippen LogP contribution < -0.4 is 9.91 Å². The fourth-order valence-corrected chi connectivity index (χ4v) is 6.79. The second kappa shape index (κ2) is 8.15. The molecule has 0 radical (unpaired) electrons. The van der Waals surface area contributed by atoms with Gasteiger partial charge in [-0.15, -0.1) is 0 Å². The molecule has 0 aromatic heterocycles. The van der Waals surface area contributed by atoms with E-state index in [0.717, 1.165) is 11.8 Å². The first-order chi connectivity index (χ1) is 12.9. The van der Waals surface area contributed by atoms with Crippen LogP contribution in [0.4, 0.5) is 0 Å². The molecule has 2 aromatic rings. The van der Waals surface area contributed by atoms with Crippen molar-refractivity contribution in [1.82, 2.24) is 4.72 Å². The standard InChI is InChI=1S/C22H29NO3SSi/c1-17-7-11-20(12-8-17)27(25,26)23-22(3,4)19(15-24)16-28(5,6)21-13-9-18(2)10-14-21/h7-16,23H,1-6H3/b19-16+. The summed E-state index contributed by atoms with van der Waals surface area (Å²) in [6.07, 6.45) is 0.764. The number of aryl methyl sites for hydroxylation is 2. The van der Waals surface area contributed by atoms with Gasteiger partial charge in [-0.05, 0) is 39.8 Å². The molecule has 0 saturated heterocycles. The normalized spacial score (nSPS) is 13.4. The first kappa shape index (κ1) is 22.3. The molecular formula is C22H29NO3SSi. The van der Waals surface area contributed by atoms with Gasteiger partial charge in [-0.1, -0.05) is 71.5 Å². The van der Waals surface area contributed by atoms with Crippen molar-refractivity contribution in [3.05, 3.63) is 70.9 Å². The van der Waals surface area contributed by atoms with Gasteiger partial charge in [0.25, 0.3) is 0 Å². The van der Waals surface area contributed by atoms with E-state index in [0.29, 0.717) is 5.57 Å². The van der Waals surface area contributed by atoms with Gasteiger partial charge in [-0.3, -0.25) is 4.79 Å². The van der Waals surface area contributed by atoms with Crippen LogP contribution in [0, 0.1) is 13.8 Å². The van der Waals surface area contributed by atoms with Gasteiger partial charge in [0.2, 0.25) is 10.0 Å². The number of hydrogen-bond acceptors (Lipinski definition) is 3. The van der Waals surface area contributed by atoms with Crippen LogP contribution in [0.2, 0.25) is 13.1 Å². The molecular weight excluding hydrogens is 386 g/mol. The lowest BCUT2D eigenvalue weighted by Gasteiger charge is -2.29. The monoisotopic (exact) mass is 415 g/mol. The number of benzene rings is 2. The number of nitrogens with one attached hydrogen (secondary N) is 1. The highest BCUT2D eigenvalue weighted by atomic mass is 32.2. The lowest BCUT2D eigenvalue weighted by Crippen LogP contribution is -2.48. The molecule has 0 aliphatic rings. The number of carbonyl (C=O) groups excluding carboxylic acids is 1. The van der Waals surface area contributed by atoms with Crippen LogP contribution in [0.5, 0.6) is 0 Å². The molecule has 0 aliphatic carbocycles. The van der Waals surface area contributed by atoms with Crippen LogP contribution in [0.15, 0.2) is 64.7 Å². The Morgan fingerprint density at radius 2 is 1.39 bits per heavy atom. The van der Waals surface area contributed by atoms with E-state index in [4.69, 9.17) is 0 Å². The third kappa shape index (κ3) is 5.28. The van der Waals surface area contributed by atoms with Gasteiger partial charge < -0.3 is 0 Å². The third-order valence-electron chi connectivity index (χ3n) is 4.88. The SMILES string of the molecule is Cc1ccc([Si](C)(C)/C=C(\C=O)C(C)(C)NS(=O)(=O)c2ccc(C)cc2)cc1. The van der Waals surface area contributed by atoms with E-state index >= 15 is 0 Å². The van der Waals surface area contributed by atoms with Crippen molar-refractivity contribution in [3.63, 3.8) is 0 Å². The summed E-state index contributed by atoms with van der Waals surface area (Å²) in [6.45, 7) is 11.7. The minimum absolute atomic E-state index is 0.187. The predicted molar refractivity (Wildman–Crippen MR) is 118 cm³/mol. The second-order valence-corrected chi connectivity index (χ2v) is 14.3. The summed E-state index contributed by atoms with van der Waals surface area (Å²) in [5.41, 5.74) is 3.56. The van der Waals surface area contributed by atoms with Crippen LogP contribution >= 0.6 is 0 Å². The molecule has 28 heavy (non-hydrogen) atoms. The molecule has 0 unspecified atom stereocenters. The van der Waals surface area contributed by atoms with Gasteiger partial charge in [0.15, 0.2) is 0 Å². The topological polar surface area (TPSA) is 63.2 Å². The molecule has 0 heterocycles. The van der Waals surface area contributed by atoms with Gasteiger partial charge in [-0.25, -0.2) is 13.1 Å². The van der Waals surface area contributed by atoms with E-state index in [1.54, 1.807) is 38.1 Å². The van der Waals surface area contributed by atoms with Crippen molar-refractivity contribution in [2.45, 2.75) is 51.2 Å². The average Bonchev–Trinajstić information content (AvgIpc) is 2.59. The molecule has 2 aromatic carbocycles. The van der Waals surface area contributed by atoms with Crippen molar-refractivity contribution in [1.29, 1.82) is 0 Å². The van der Waals surface area contributed by atoms with Crippen molar-refractivity contribution in [2.24, 2.45) is 0 Å². The highest BCUT2D eigenvalue weighted by Crippen LogP contribution is 2.22. The molecule has 2 rings (SSSR count). The van der Waals surface area contributed by atoms with Gasteiger partial charge in [0.1, 0.15) is 14.4 Å². The van der Waals surface area contributed by atoms with Crippen LogP contribution in [0.1, 0.15) is 25.0 Å². The largest absolute Gasteiger partial charge is 0.298 e. The number of hydrogen-bond donors (Lipinski definition) is 1. The zero-order chi connectivity index (χ0) is 21.2. The zero-order valence-electron chi connectivity index (χ0n) is 17.4. The smallest absolute Gasteiger partial charge is 0.241 e. The van der Waals surface area contributed by atoms with Crippen LogP contribution in [-0.2, 0) is 14.8 Å². The molecule has 0 bridgehead atoms. The highest BCUT2D eigenvalue weighted by Gasteiger charge is 2.32. The lowest BCUT2D eigenvalue weighted by atomic mass is 9.98. The molecule has 6 heteroatoms. The summed E-state index contributed by atoms with van der Waals surface area (Å²) in [5.74, 6) is 0. The molecule has 4 nitrogen and oxygen atoms in total. The van der Waals surface area contributed by atoms with Crippen molar-refractivity contribution in [2.75, 3.05) is 0 Å². The highest BCUT2D eigenvalue weighted by molar-refractivity contribution is 7.89. The van der Waals surface area contributed by atoms with E-state index in [1.165, 1.54) is 10.8 Å². The van der Waals surface area contributed by atoms with Gasteiger partial charge in [0, 0.05) is 5.57 Å². The molecule has 1 N–H and O–H groups in total. The maximum atomic E-state index is 12.8. The summed E-state index contributed by atoms with van der Waals surface area (Å²) >= 11 is 0. The van der Waals surface area contributed by atoms with E-state index in [1.807, 2.05) is 19.5 Å². The Hall–Kier alpha value is -2.02. The Morgan fingerprint density at radius 1 is 0.929 bits per heavy atom. The Balaban J connectivity index is 2.37. The van der Waals surface area contributed by atoms with E-state index < -0.39 is 23.6 Å². The maximum absolute atomic E-state index is 12.8. The maximum Gasteiger partial charge on any atom is 0.241 e. The predicted octanol–water partition coefficient (Wildman–Crippen LogP) is 3.64. The fourth-order valence-electron chi connectivity index (χ4n) is 2.99. The molecule has 0 aliphatic heterocycles. The molecule has 0 atom stereocenters. The quantitative estimate of drug-likeness (QED) is 0.427. The number of aldehydes is 1. The Morgan fingerprint density at radius 3 is 1.86 bits per heavy atom. The van der Waals surface area contributed by atoms with Crippen LogP contribution in [0.3, 0.4) is 0 Å².